The van der Waals surface area contributed by atoms with Crippen LogP contribution in [-0.4, -0.2) is 44.3 Å². The Bertz CT molecular complexity index is 530. The van der Waals surface area contributed by atoms with E-state index in [0.29, 0.717) is 19.6 Å². The first-order valence-electron chi connectivity index (χ1n) is 8.65. The van der Waals surface area contributed by atoms with Crippen LogP contribution in [-0.2, 0) is 19.0 Å². The monoisotopic (exact) mass is 352 g/mol. The van der Waals surface area contributed by atoms with E-state index in [1.54, 1.807) is 21.0 Å². The fraction of sp³-hybridized carbons (Fsp3) is 0.650. The van der Waals surface area contributed by atoms with Crippen LogP contribution >= 0.6 is 0 Å². The van der Waals surface area contributed by atoms with Gasteiger partial charge in [-0.2, -0.15) is 0 Å². The SMILES string of the molecule is C=C(C)[C@H]1CC=C(C)/C(=C\CC(C)(C)C(=O)O)[C@@H]1OCOCCOC. The normalized spacial score (nSPS) is 22.8. The van der Waals surface area contributed by atoms with Gasteiger partial charge in [-0.1, -0.05) is 24.3 Å². The predicted molar refractivity (Wildman–Crippen MR) is 98.4 cm³/mol. The molecule has 25 heavy (non-hydrogen) atoms. The average molecular weight is 352 g/mol. The summed E-state index contributed by atoms with van der Waals surface area (Å²) in [6.07, 6.45) is 5.30. The summed E-state index contributed by atoms with van der Waals surface area (Å²) in [5, 5.41) is 9.35. The van der Waals surface area contributed by atoms with Crippen molar-refractivity contribution in [3.05, 3.63) is 35.5 Å². The minimum absolute atomic E-state index is 0.161. The summed E-state index contributed by atoms with van der Waals surface area (Å²) in [4.78, 5) is 11.4. The quantitative estimate of drug-likeness (QED) is 0.366. The molecule has 0 fully saturated rings. The fourth-order valence-electron chi connectivity index (χ4n) is 2.70. The van der Waals surface area contributed by atoms with Crippen LogP contribution in [0.4, 0.5) is 0 Å². The molecule has 0 bridgehead atoms. The van der Waals surface area contributed by atoms with E-state index >= 15 is 0 Å². The number of methoxy groups -OCH3 is 1. The van der Waals surface area contributed by atoms with E-state index in [2.05, 4.69) is 12.7 Å². The lowest BCUT2D eigenvalue weighted by molar-refractivity contribution is -0.146. The summed E-state index contributed by atoms with van der Waals surface area (Å²) >= 11 is 0. The summed E-state index contributed by atoms with van der Waals surface area (Å²) in [5.74, 6) is -0.646. The maximum atomic E-state index is 11.4. The van der Waals surface area contributed by atoms with E-state index in [0.717, 1.165) is 23.1 Å². The number of aliphatic carboxylic acids is 1. The van der Waals surface area contributed by atoms with Gasteiger partial charge in [-0.3, -0.25) is 4.79 Å². The first-order valence-corrected chi connectivity index (χ1v) is 8.65. The standard InChI is InChI=1S/C20H32O5/c1-14(2)16-8-7-15(3)17(9-10-20(4,5)19(21)22)18(16)25-13-24-12-11-23-6/h7,9,16,18H,1,8,10-13H2,2-6H3,(H,21,22)/b17-9+/t16-,18-/m1/s1. The Morgan fingerprint density at radius 2 is 2.12 bits per heavy atom. The van der Waals surface area contributed by atoms with Gasteiger partial charge >= 0.3 is 5.97 Å². The van der Waals surface area contributed by atoms with Gasteiger partial charge < -0.3 is 19.3 Å². The topological polar surface area (TPSA) is 65.0 Å². The van der Waals surface area contributed by atoms with Gasteiger partial charge in [-0.05, 0) is 51.7 Å². The second-order valence-electron chi connectivity index (χ2n) is 7.23. The lowest BCUT2D eigenvalue weighted by Gasteiger charge is -2.34. The summed E-state index contributed by atoms with van der Waals surface area (Å²) in [5.41, 5.74) is 2.39. The van der Waals surface area contributed by atoms with Crippen molar-refractivity contribution in [2.75, 3.05) is 27.1 Å². The summed E-state index contributed by atoms with van der Waals surface area (Å²) in [7, 11) is 1.63. The zero-order chi connectivity index (χ0) is 19.0. The largest absolute Gasteiger partial charge is 0.481 e. The van der Waals surface area contributed by atoms with Gasteiger partial charge in [0, 0.05) is 13.0 Å². The zero-order valence-electron chi connectivity index (χ0n) is 16.1. The highest BCUT2D eigenvalue weighted by atomic mass is 16.7. The van der Waals surface area contributed by atoms with Crippen molar-refractivity contribution < 1.29 is 24.1 Å². The highest BCUT2D eigenvalue weighted by Gasteiger charge is 2.32. The highest BCUT2D eigenvalue weighted by Crippen LogP contribution is 2.36. The number of allylic oxidation sites excluding steroid dienone is 2. The van der Waals surface area contributed by atoms with Crippen LogP contribution in [0.25, 0.3) is 0 Å². The number of ether oxygens (including phenoxy) is 3. The molecule has 0 saturated heterocycles. The third-order valence-electron chi connectivity index (χ3n) is 4.61. The molecular weight excluding hydrogens is 320 g/mol. The first-order chi connectivity index (χ1) is 11.7. The van der Waals surface area contributed by atoms with E-state index in [9.17, 15) is 9.90 Å². The van der Waals surface area contributed by atoms with E-state index in [-0.39, 0.29) is 18.8 Å². The number of hydrogen-bond acceptors (Lipinski definition) is 4. The molecule has 1 aliphatic rings. The van der Waals surface area contributed by atoms with Gasteiger partial charge in [0.25, 0.3) is 0 Å². The Kier molecular flexibility index (Phi) is 8.56. The van der Waals surface area contributed by atoms with Gasteiger partial charge in [0.1, 0.15) is 6.79 Å². The molecule has 5 heteroatoms. The molecule has 2 atom stereocenters. The average Bonchev–Trinajstić information content (AvgIpc) is 2.53. The van der Waals surface area contributed by atoms with Crippen molar-refractivity contribution in [2.45, 2.75) is 46.6 Å². The summed E-state index contributed by atoms with van der Waals surface area (Å²) in [6.45, 7) is 12.8. The number of carboxylic acids is 1. The van der Waals surface area contributed by atoms with E-state index < -0.39 is 11.4 Å². The predicted octanol–water partition coefficient (Wildman–Crippen LogP) is 3.96. The molecule has 142 valence electrons. The molecule has 0 unspecified atom stereocenters. The van der Waals surface area contributed by atoms with Crippen molar-refractivity contribution in [3.8, 4) is 0 Å². The Morgan fingerprint density at radius 3 is 2.68 bits per heavy atom. The molecule has 0 aliphatic heterocycles. The Hall–Kier alpha value is -1.43. The molecular formula is C20H32O5. The number of carbonyl (C=O) groups is 1. The summed E-state index contributed by atoms with van der Waals surface area (Å²) in [6, 6.07) is 0. The van der Waals surface area contributed by atoms with Crippen LogP contribution in [0.2, 0.25) is 0 Å². The first kappa shape index (κ1) is 21.6. The van der Waals surface area contributed by atoms with E-state index in [1.165, 1.54) is 0 Å². The Labute approximate surface area is 151 Å². The lowest BCUT2D eigenvalue weighted by Crippen LogP contribution is -2.32. The van der Waals surface area contributed by atoms with Crippen molar-refractivity contribution in [1.82, 2.24) is 0 Å². The van der Waals surface area contributed by atoms with Gasteiger partial charge in [-0.15, -0.1) is 0 Å². The van der Waals surface area contributed by atoms with Gasteiger partial charge in [0.15, 0.2) is 0 Å². The minimum atomic E-state index is -0.817. The van der Waals surface area contributed by atoms with E-state index in [4.69, 9.17) is 14.2 Å². The van der Waals surface area contributed by atoms with Gasteiger partial charge in [-0.25, -0.2) is 0 Å². The molecule has 0 aromatic carbocycles. The van der Waals surface area contributed by atoms with Crippen LogP contribution in [0, 0.1) is 11.3 Å². The third-order valence-corrected chi connectivity index (χ3v) is 4.61. The van der Waals surface area contributed by atoms with Crippen LogP contribution in [0.3, 0.4) is 0 Å². The third kappa shape index (κ3) is 6.42. The Balaban J connectivity index is 2.93. The molecule has 0 aromatic heterocycles. The molecule has 1 N–H and O–H groups in total. The van der Waals surface area contributed by atoms with Crippen LogP contribution < -0.4 is 0 Å². The van der Waals surface area contributed by atoms with E-state index in [1.807, 2.05) is 19.9 Å². The number of hydrogen-bond donors (Lipinski definition) is 1. The highest BCUT2D eigenvalue weighted by molar-refractivity contribution is 5.73. The van der Waals surface area contributed by atoms with Crippen molar-refractivity contribution in [2.24, 2.45) is 11.3 Å². The molecule has 1 aliphatic carbocycles. The van der Waals surface area contributed by atoms with Crippen molar-refractivity contribution in [3.63, 3.8) is 0 Å². The number of rotatable bonds is 10. The van der Waals surface area contributed by atoms with Crippen LogP contribution in [0.5, 0.6) is 0 Å². The molecule has 0 spiro atoms. The number of carboxylic acid groups (broad SMARTS) is 1. The van der Waals surface area contributed by atoms with Crippen molar-refractivity contribution >= 4 is 5.97 Å². The van der Waals surface area contributed by atoms with Crippen molar-refractivity contribution in [1.29, 1.82) is 0 Å². The van der Waals surface area contributed by atoms with Gasteiger partial charge in [0.05, 0.1) is 24.7 Å². The minimum Gasteiger partial charge on any atom is -0.481 e. The second kappa shape index (κ2) is 9.90. The molecule has 1 rings (SSSR count). The lowest BCUT2D eigenvalue weighted by atomic mass is 9.78. The molecule has 0 aromatic rings. The Morgan fingerprint density at radius 1 is 1.44 bits per heavy atom. The smallest absolute Gasteiger partial charge is 0.309 e. The van der Waals surface area contributed by atoms with Crippen LogP contribution in [0.15, 0.2) is 35.5 Å². The maximum absolute atomic E-state index is 11.4. The van der Waals surface area contributed by atoms with Gasteiger partial charge in [0.2, 0.25) is 0 Å². The molecule has 0 radical (unpaired) electrons. The maximum Gasteiger partial charge on any atom is 0.309 e. The second-order valence-corrected chi connectivity index (χ2v) is 7.23. The molecule has 0 heterocycles. The molecule has 5 nitrogen and oxygen atoms in total. The zero-order valence-corrected chi connectivity index (χ0v) is 16.1. The molecule has 0 amide bonds. The van der Waals surface area contributed by atoms with Crippen LogP contribution in [0.1, 0.15) is 40.5 Å². The summed E-state index contributed by atoms with van der Waals surface area (Å²) < 4.78 is 16.4. The fourth-order valence-corrected chi connectivity index (χ4v) is 2.70. The molecule has 0 saturated carbocycles.